The summed E-state index contributed by atoms with van der Waals surface area (Å²) in [7, 11) is -4.64. The van der Waals surface area contributed by atoms with E-state index in [-0.39, 0.29) is 5.92 Å². The van der Waals surface area contributed by atoms with E-state index in [4.69, 9.17) is 0 Å². The van der Waals surface area contributed by atoms with Gasteiger partial charge in [-0.15, -0.1) is 0 Å². The van der Waals surface area contributed by atoms with Crippen LogP contribution in [0.4, 0.5) is 14.5 Å². The predicted octanol–water partition coefficient (Wildman–Crippen LogP) is 2.35. The minimum absolute atomic E-state index is 0.000488. The van der Waals surface area contributed by atoms with Crippen molar-refractivity contribution in [3.63, 3.8) is 0 Å². The fourth-order valence-corrected chi connectivity index (χ4v) is 2.84. The molecule has 0 radical (unpaired) electrons. The van der Waals surface area contributed by atoms with Gasteiger partial charge in [0.2, 0.25) is 9.84 Å². The molecule has 0 saturated heterocycles. The van der Waals surface area contributed by atoms with Crippen LogP contribution in [0.5, 0.6) is 0 Å². The fourth-order valence-electron chi connectivity index (χ4n) is 2.12. The molecule has 21 heavy (non-hydrogen) atoms. The van der Waals surface area contributed by atoms with Gasteiger partial charge in [-0.1, -0.05) is 0 Å². The van der Waals surface area contributed by atoms with Crippen LogP contribution in [0.1, 0.15) is 19.8 Å². The number of carboxylic acids is 1. The third-order valence-corrected chi connectivity index (χ3v) is 5.06. The molecule has 1 fully saturated rings. The van der Waals surface area contributed by atoms with Crippen LogP contribution in [0.25, 0.3) is 0 Å². The SMILES string of the molecule is CC(Nc1ccc(S(=O)(=O)C(F)F)cc1)(C(=O)O)C1CC1. The van der Waals surface area contributed by atoms with Gasteiger partial charge in [-0.3, -0.25) is 0 Å². The van der Waals surface area contributed by atoms with E-state index in [0.717, 1.165) is 25.0 Å². The molecule has 0 bridgehead atoms. The van der Waals surface area contributed by atoms with Crippen molar-refractivity contribution in [1.29, 1.82) is 0 Å². The van der Waals surface area contributed by atoms with Gasteiger partial charge in [-0.05, 0) is 49.9 Å². The van der Waals surface area contributed by atoms with Gasteiger partial charge in [0.1, 0.15) is 5.54 Å². The average Bonchev–Trinajstić information content (AvgIpc) is 3.23. The summed E-state index contributed by atoms with van der Waals surface area (Å²) in [6, 6.07) is 4.66. The van der Waals surface area contributed by atoms with Crippen molar-refractivity contribution in [3.8, 4) is 0 Å². The predicted molar refractivity (Wildman–Crippen MR) is 72.0 cm³/mol. The van der Waals surface area contributed by atoms with Crippen molar-refractivity contribution in [2.24, 2.45) is 5.92 Å². The number of sulfone groups is 1. The lowest BCUT2D eigenvalue weighted by molar-refractivity contribution is -0.142. The van der Waals surface area contributed by atoms with Crippen molar-refractivity contribution in [1.82, 2.24) is 0 Å². The topological polar surface area (TPSA) is 83.5 Å². The van der Waals surface area contributed by atoms with Crippen molar-refractivity contribution < 1.29 is 27.1 Å². The molecule has 0 heterocycles. The number of hydrogen-bond acceptors (Lipinski definition) is 4. The zero-order valence-corrected chi connectivity index (χ0v) is 12.0. The molecule has 0 amide bonds. The number of halogens is 2. The van der Waals surface area contributed by atoms with E-state index < -0.39 is 32.0 Å². The maximum absolute atomic E-state index is 12.4. The van der Waals surface area contributed by atoms with Crippen LogP contribution in [0, 0.1) is 5.92 Å². The van der Waals surface area contributed by atoms with Crippen LogP contribution in [-0.4, -0.2) is 30.8 Å². The highest BCUT2D eigenvalue weighted by Gasteiger charge is 2.47. The second-order valence-corrected chi connectivity index (χ2v) is 7.15. The zero-order chi connectivity index (χ0) is 15.8. The minimum atomic E-state index is -4.64. The van der Waals surface area contributed by atoms with E-state index in [0.29, 0.717) is 5.69 Å². The van der Waals surface area contributed by atoms with Crippen molar-refractivity contribution in [2.45, 2.75) is 36.0 Å². The monoisotopic (exact) mass is 319 g/mol. The lowest BCUT2D eigenvalue weighted by Crippen LogP contribution is -2.45. The van der Waals surface area contributed by atoms with Gasteiger partial charge in [0.05, 0.1) is 4.90 Å². The van der Waals surface area contributed by atoms with E-state index in [2.05, 4.69) is 5.32 Å². The van der Waals surface area contributed by atoms with Crippen LogP contribution < -0.4 is 5.32 Å². The number of nitrogens with one attached hydrogen (secondary N) is 1. The van der Waals surface area contributed by atoms with Gasteiger partial charge in [0, 0.05) is 5.69 Å². The largest absolute Gasteiger partial charge is 0.480 e. The second kappa shape index (κ2) is 5.25. The first-order valence-corrected chi connectivity index (χ1v) is 7.86. The summed E-state index contributed by atoms with van der Waals surface area (Å²) in [6.45, 7) is 1.55. The summed E-state index contributed by atoms with van der Waals surface area (Å²) in [5.41, 5.74) is -0.775. The van der Waals surface area contributed by atoms with Crippen LogP contribution in [0.15, 0.2) is 29.2 Å². The fraction of sp³-hybridized carbons (Fsp3) is 0.462. The summed E-state index contributed by atoms with van der Waals surface area (Å²) >= 11 is 0. The zero-order valence-electron chi connectivity index (χ0n) is 11.2. The number of alkyl halides is 2. The first-order valence-electron chi connectivity index (χ1n) is 6.31. The molecule has 0 aliphatic heterocycles. The van der Waals surface area contributed by atoms with Gasteiger partial charge in [-0.25, -0.2) is 13.2 Å². The average molecular weight is 319 g/mol. The first kappa shape index (κ1) is 15.7. The number of benzene rings is 1. The molecule has 5 nitrogen and oxygen atoms in total. The summed E-state index contributed by atoms with van der Waals surface area (Å²) < 4.78 is 47.4. The molecule has 1 aliphatic rings. The summed E-state index contributed by atoms with van der Waals surface area (Å²) in [5.74, 6) is -4.49. The van der Waals surface area contributed by atoms with E-state index in [1.165, 1.54) is 12.1 Å². The molecule has 1 unspecified atom stereocenters. The Morgan fingerprint density at radius 1 is 1.33 bits per heavy atom. The first-order chi connectivity index (χ1) is 9.68. The molecule has 1 aromatic carbocycles. The molecule has 1 saturated carbocycles. The van der Waals surface area contributed by atoms with E-state index in [1.54, 1.807) is 6.92 Å². The Bertz CT molecular complexity index is 641. The Balaban J connectivity index is 2.22. The van der Waals surface area contributed by atoms with Gasteiger partial charge in [0.25, 0.3) is 0 Å². The van der Waals surface area contributed by atoms with Gasteiger partial charge in [-0.2, -0.15) is 8.78 Å². The normalized spacial score (nSPS) is 18.3. The second-order valence-electron chi connectivity index (χ2n) is 5.24. The van der Waals surface area contributed by atoms with E-state index >= 15 is 0 Å². The lowest BCUT2D eigenvalue weighted by atomic mass is 9.95. The Labute approximate surface area is 120 Å². The number of carboxylic acid groups (broad SMARTS) is 1. The summed E-state index contributed by atoms with van der Waals surface area (Å²) in [6.07, 6.45) is 1.60. The number of anilines is 1. The Morgan fingerprint density at radius 2 is 1.86 bits per heavy atom. The van der Waals surface area contributed by atoms with Crippen LogP contribution >= 0.6 is 0 Å². The quantitative estimate of drug-likeness (QED) is 0.841. The van der Waals surface area contributed by atoms with Crippen LogP contribution in [0.2, 0.25) is 0 Å². The molecule has 2 N–H and O–H groups in total. The van der Waals surface area contributed by atoms with Gasteiger partial charge in [0.15, 0.2) is 0 Å². The molecule has 1 aliphatic carbocycles. The molecule has 116 valence electrons. The molecular formula is C13H15F2NO4S. The maximum atomic E-state index is 12.4. The Morgan fingerprint density at radius 3 is 2.24 bits per heavy atom. The molecule has 0 spiro atoms. The number of hydrogen-bond donors (Lipinski definition) is 2. The van der Waals surface area contributed by atoms with Crippen LogP contribution in [0.3, 0.4) is 0 Å². The minimum Gasteiger partial charge on any atom is -0.480 e. The molecular weight excluding hydrogens is 304 g/mol. The lowest BCUT2D eigenvalue weighted by Gasteiger charge is -2.27. The third kappa shape index (κ3) is 2.99. The standard InChI is InChI=1S/C13H15F2NO4S/c1-13(11(17)18,8-2-3-8)16-9-4-6-10(7-5-9)21(19,20)12(14)15/h4-8,12,16H,2-3H2,1H3,(H,17,18). The Kier molecular flexibility index (Phi) is 3.92. The summed E-state index contributed by atoms with van der Waals surface area (Å²) in [5, 5.41) is 12.1. The van der Waals surface area contributed by atoms with Crippen molar-refractivity contribution in [2.75, 3.05) is 5.32 Å². The number of aliphatic carboxylic acids is 1. The van der Waals surface area contributed by atoms with Crippen LogP contribution in [-0.2, 0) is 14.6 Å². The van der Waals surface area contributed by atoms with Crippen molar-refractivity contribution >= 4 is 21.5 Å². The Hall–Kier alpha value is -1.70. The molecule has 8 heteroatoms. The van der Waals surface area contributed by atoms with Crippen molar-refractivity contribution in [3.05, 3.63) is 24.3 Å². The van der Waals surface area contributed by atoms with E-state index in [9.17, 15) is 27.1 Å². The van der Waals surface area contributed by atoms with Gasteiger partial charge >= 0.3 is 11.7 Å². The highest BCUT2D eigenvalue weighted by atomic mass is 32.2. The molecule has 2 rings (SSSR count). The summed E-state index contributed by atoms with van der Waals surface area (Å²) in [4.78, 5) is 10.9. The molecule has 1 atom stereocenters. The smallest absolute Gasteiger partial charge is 0.341 e. The molecule has 1 aromatic rings. The maximum Gasteiger partial charge on any atom is 0.341 e. The van der Waals surface area contributed by atoms with E-state index in [1.807, 2.05) is 0 Å². The highest BCUT2D eigenvalue weighted by molar-refractivity contribution is 7.91. The molecule has 0 aromatic heterocycles. The third-order valence-electron chi connectivity index (χ3n) is 3.66. The number of carbonyl (C=O) groups is 1. The highest BCUT2D eigenvalue weighted by Crippen LogP contribution is 2.41. The number of rotatable bonds is 6. The van der Waals surface area contributed by atoms with Gasteiger partial charge < -0.3 is 10.4 Å².